The number of hydrogen-bond acceptors (Lipinski definition) is 3. The van der Waals surface area contributed by atoms with E-state index >= 15 is 0 Å². The molecule has 1 radical (unpaired) electrons. The van der Waals surface area contributed by atoms with E-state index < -0.39 is 8.07 Å². The van der Waals surface area contributed by atoms with Crippen LogP contribution in [0.5, 0.6) is 0 Å². The molecule has 48 heavy (non-hydrogen) atoms. The van der Waals surface area contributed by atoms with E-state index in [1.54, 1.807) is 0 Å². The first-order chi connectivity index (χ1) is 22.5. The van der Waals surface area contributed by atoms with E-state index in [1.807, 2.05) is 41.8 Å². The Morgan fingerprint density at radius 1 is 0.771 bits per heavy atom. The van der Waals surface area contributed by atoms with Crippen LogP contribution in [0.25, 0.3) is 53.8 Å². The van der Waals surface area contributed by atoms with Gasteiger partial charge in [0, 0.05) is 37.2 Å². The zero-order valence-corrected chi connectivity index (χ0v) is 33.0. The monoisotopic (exact) mass is 839 g/mol. The van der Waals surface area contributed by atoms with Crippen LogP contribution in [0.3, 0.4) is 0 Å². The Bertz CT molecular complexity index is 2140. The van der Waals surface area contributed by atoms with Crippen molar-refractivity contribution in [1.29, 1.82) is 0 Å². The van der Waals surface area contributed by atoms with Crippen molar-refractivity contribution in [2.75, 3.05) is 0 Å². The van der Waals surface area contributed by atoms with Crippen LogP contribution in [-0.2, 0) is 26.5 Å². The molecule has 0 spiro atoms. The fourth-order valence-electron chi connectivity index (χ4n) is 6.21. The topological polar surface area (TPSA) is 25.8 Å². The molecule has 5 heteroatoms. The zero-order valence-electron chi connectivity index (χ0n) is 28.8. The maximum atomic E-state index is 4.72. The molecule has 0 saturated heterocycles. The van der Waals surface area contributed by atoms with Crippen LogP contribution in [0.15, 0.2) is 116 Å². The van der Waals surface area contributed by atoms with Gasteiger partial charge in [0.15, 0.2) is 0 Å². The van der Waals surface area contributed by atoms with Crippen LogP contribution >= 0.6 is 11.3 Å². The van der Waals surface area contributed by atoms with Crippen LogP contribution in [0.2, 0.25) is 19.6 Å². The molecule has 0 saturated carbocycles. The number of aromatic nitrogens is 2. The first kappa shape index (κ1) is 35.6. The zero-order chi connectivity index (χ0) is 33.2. The van der Waals surface area contributed by atoms with Gasteiger partial charge in [0.2, 0.25) is 0 Å². The van der Waals surface area contributed by atoms with E-state index in [9.17, 15) is 0 Å². The minimum Gasteiger partial charge on any atom is -0.305 e. The first-order valence-corrected chi connectivity index (χ1v) is 20.6. The number of pyridine rings is 2. The summed E-state index contributed by atoms with van der Waals surface area (Å²) in [5.41, 5.74) is 9.65. The molecule has 2 nitrogen and oxygen atoms in total. The Morgan fingerprint density at radius 2 is 1.54 bits per heavy atom. The van der Waals surface area contributed by atoms with E-state index in [2.05, 4.69) is 150 Å². The van der Waals surface area contributed by atoms with Gasteiger partial charge in [-0.1, -0.05) is 112 Å². The number of benzene rings is 4. The van der Waals surface area contributed by atoms with Crippen LogP contribution in [-0.4, -0.2) is 18.0 Å². The molecule has 0 atom stereocenters. The van der Waals surface area contributed by atoms with Crippen molar-refractivity contribution in [3.63, 3.8) is 0 Å². The van der Waals surface area contributed by atoms with Gasteiger partial charge in [-0.3, -0.25) is 0 Å². The normalized spacial score (nSPS) is 11.6. The quantitative estimate of drug-likeness (QED) is 0.127. The molecule has 4 aromatic carbocycles. The Kier molecular flexibility index (Phi) is 11.0. The fraction of sp³-hybridized carbons (Fsp3) is 0.209. The SMILES string of the molecule is CC(C)(C)Cc1ccnc(-c2[c-]ccc3c2sc2cccc(-c4ccccc4)c23)c1.Cc1cc(-c2[c-]cccc2)ncc1[Si](C)(C)C.[Ir]. The standard InChI is InChI=1S/C28H24NS.C15H18NSi.Ir/c1-28(2,3)18-19-15-16-29-24(17-19)22-12-7-13-23-26-21(20-9-5-4-6-10-20)11-8-14-25(26)30-27(22)23;1-12-10-14(13-8-6-5-7-9-13)16-11-15(12)17(2,3)4;/h4-11,13-17H,18H2,1-3H3;5-8,10-11H,1-4H3;/q2*-1;. The van der Waals surface area contributed by atoms with Gasteiger partial charge in [-0.15, -0.1) is 59.7 Å². The molecule has 0 amide bonds. The summed E-state index contributed by atoms with van der Waals surface area (Å²) >= 11 is 1.84. The number of thiophene rings is 1. The molecule has 0 bridgehead atoms. The Hall–Kier alpha value is -3.73. The molecule has 0 N–H and O–H groups in total. The number of rotatable bonds is 5. The fourth-order valence-corrected chi connectivity index (χ4v) is 9.16. The van der Waals surface area contributed by atoms with Crippen molar-refractivity contribution in [2.45, 2.75) is 53.8 Å². The third kappa shape index (κ3) is 8.10. The summed E-state index contributed by atoms with van der Waals surface area (Å²) in [6, 6.07) is 42.7. The predicted molar refractivity (Wildman–Crippen MR) is 206 cm³/mol. The average molecular weight is 839 g/mol. The number of aryl methyl sites for hydroxylation is 1. The maximum Gasteiger partial charge on any atom is 0.0798 e. The Labute approximate surface area is 304 Å². The molecular weight excluding hydrogens is 797 g/mol. The molecule has 0 unspecified atom stereocenters. The Balaban J connectivity index is 0.000000214. The molecule has 3 aromatic heterocycles. The average Bonchev–Trinajstić information content (AvgIpc) is 3.44. The number of nitrogens with zero attached hydrogens (tertiary/aromatic N) is 2. The largest absolute Gasteiger partial charge is 0.305 e. The summed E-state index contributed by atoms with van der Waals surface area (Å²) < 4.78 is 2.56. The summed E-state index contributed by atoms with van der Waals surface area (Å²) in [5.74, 6) is 0. The van der Waals surface area contributed by atoms with Crippen molar-refractivity contribution in [3.8, 4) is 33.6 Å². The van der Waals surface area contributed by atoms with Gasteiger partial charge in [0.25, 0.3) is 0 Å². The molecule has 0 aliphatic heterocycles. The maximum absolute atomic E-state index is 4.72. The van der Waals surface area contributed by atoms with Crippen molar-refractivity contribution in [1.82, 2.24) is 9.97 Å². The molecule has 7 rings (SSSR count). The second-order valence-electron chi connectivity index (χ2n) is 14.4. The first-order valence-electron chi connectivity index (χ1n) is 16.3. The Morgan fingerprint density at radius 3 is 2.23 bits per heavy atom. The van der Waals surface area contributed by atoms with Crippen LogP contribution in [0.4, 0.5) is 0 Å². The minimum absolute atomic E-state index is 0. The van der Waals surface area contributed by atoms with Gasteiger partial charge in [0.05, 0.1) is 8.07 Å². The molecular formula is C43H42IrN2SSi-2. The van der Waals surface area contributed by atoms with Crippen LogP contribution < -0.4 is 5.19 Å². The van der Waals surface area contributed by atoms with Crippen molar-refractivity contribution in [3.05, 3.63) is 139 Å². The van der Waals surface area contributed by atoms with E-state index in [4.69, 9.17) is 4.98 Å². The van der Waals surface area contributed by atoms with Crippen molar-refractivity contribution in [2.24, 2.45) is 5.41 Å². The summed E-state index contributed by atoms with van der Waals surface area (Å²) in [4.78, 5) is 9.30. The summed E-state index contributed by atoms with van der Waals surface area (Å²) in [5, 5.41) is 4.05. The number of fused-ring (bicyclic) bond motifs is 3. The van der Waals surface area contributed by atoms with Gasteiger partial charge in [-0.25, -0.2) is 0 Å². The smallest absolute Gasteiger partial charge is 0.0798 e. The molecule has 0 fully saturated rings. The molecule has 3 heterocycles. The van der Waals surface area contributed by atoms with E-state index in [0.717, 1.165) is 28.9 Å². The van der Waals surface area contributed by atoms with Gasteiger partial charge in [-0.05, 0) is 68.7 Å². The van der Waals surface area contributed by atoms with E-state index in [0.29, 0.717) is 0 Å². The van der Waals surface area contributed by atoms with Gasteiger partial charge < -0.3 is 9.97 Å². The third-order valence-corrected chi connectivity index (χ3v) is 11.6. The summed E-state index contributed by atoms with van der Waals surface area (Å²) in [6.45, 7) is 16.1. The van der Waals surface area contributed by atoms with Crippen molar-refractivity contribution < 1.29 is 20.1 Å². The van der Waals surface area contributed by atoms with Crippen LogP contribution in [0.1, 0.15) is 31.9 Å². The van der Waals surface area contributed by atoms with Crippen LogP contribution in [0, 0.1) is 24.5 Å². The van der Waals surface area contributed by atoms with Gasteiger partial charge in [-0.2, -0.15) is 11.3 Å². The second-order valence-corrected chi connectivity index (χ2v) is 20.5. The van der Waals surface area contributed by atoms with E-state index in [1.165, 1.54) is 47.6 Å². The van der Waals surface area contributed by atoms with E-state index in [-0.39, 0.29) is 25.5 Å². The third-order valence-electron chi connectivity index (χ3n) is 8.26. The molecule has 0 aliphatic carbocycles. The minimum atomic E-state index is -1.27. The second kappa shape index (κ2) is 14.8. The molecule has 7 aromatic rings. The van der Waals surface area contributed by atoms with Crippen molar-refractivity contribution >= 4 is 44.8 Å². The predicted octanol–water partition coefficient (Wildman–Crippen LogP) is 11.6. The summed E-state index contributed by atoms with van der Waals surface area (Å²) in [7, 11) is -1.27. The molecule has 0 aliphatic rings. The number of hydrogen-bond donors (Lipinski definition) is 0. The molecule has 245 valence electrons. The van der Waals surface area contributed by atoms with Gasteiger partial charge in [0.1, 0.15) is 0 Å². The van der Waals surface area contributed by atoms with Gasteiger partial charge >= 0.3 is 0 Å². The summed E-state index contributed by atoms with van der Waals surface area (Å²) in [6.07, 6.45) is 5.02.